The molecule has 1 aromatic heterocycles. The Morgan fingerprint density at radius 2 is 2.21 bits per heavy atom. The highest BCUT2D eigenvalue weighted by Crippen LogP contribution is 2.30. The first-order valence-corrected chi connectivity index (χ1v) is 5.91. The summed E-state index contributed by atoms with van der Waals surface area (Å²) >= 11 is 1.64. The van der Waals surface area contributed by atoms with Gasteiger partial charge in [-0.2, -0.15) is 0 Å². The number of rotatable bonds is 2. The summed E-state index contributed by atoms with van der Waals surface area (Å²) in [6.45, 7) is 1.75. The van der Waals surface area contributed by atoms with E-state index in [1.807, 2.05) is 6.07 Å². The van der Waals surface area contributed by atoms with Crippen molar-refractivity contribution in [3.63, 3.8) is 0 Å². The van der Waals surface area contributed by atoms with Gasteiger partial charge in [-0.15, -0.1) is 11.3 Å². The van der Waals surface area contributed by atoms with Crippen molar-refractivity contribution in [2.24, 2.45) is 5.73 Å². The first kappa shape index (κ1) is 9.87. The molecule has 0 spiro atoms. The molecule has 1 unspecified atom stereocenters. The third-order valence-corrected chi connectivity index (χ3v) is 3.90. The third kappa shape index (κ3) is 1.74. The number of aryl methyl sites for hydroxylation is 2. The molecule has 14 heavy (non-hydrogen) atoms. The van der Waals surface area contributed by atoms with Gasteiger partial charge in [0.2, 0.25) is 0 Å². The number of fused-ring (bicyclic) bond motifs is 1. The standard InChI is InChI=1S/C11H15NOS/c1-7(12)11(13)10-6-8-4-2-3-5-9(8)14-10/h6-7H,2-5,12H2,1H3. The minimum atomic E-state index is -0.366. The maximum Gasteiger partial charge on any atom is 0.189 e. The summed E-state index contributed by atoms with van der Waals surface area (Å²) in [5.41, 5.74) is 6.96. The quantitative estimate of drug-likeness (QED) is 0.758. The van der Waals surface area contributed by atoms with Crippen LogP contribution in [0.2, 0.25) is 0 Å². The Morgan fingerprint density at radius 3 is 2.86 bits per heavy atom. The van der Waals surface area contributed by atoms with E-state index >= 15 is 0 Å². The van der Waals surface area contributed by atoms with E-state index in [1.165, 1.54) is 23.3 Å². The Hall–Kier alpha value is -0.670. The van der Waals surface area contributed by atoms with Gasteiger partial charge in [0.1, 0.15) is 0 Å². The van der Waals surface area contributed by atoms with Gasteiger partial charge in [0, 0.05) is 4.88 Å². The highest BCUT2D eigenvalue weighted by Gasteiger charge is 2.18. The number of hydrogen-bond acceptors (Lipinski definition) is 3. The molecule has 76 valence electrons. The minimum Gasteiger partial charge on any atom is -0.321 e. The molecule has 2 rings (SSSR count). The van der Waals surface area contributed by atoms with Gasteiger partial charge in [0.05, 0.1) is 10.9 Å². The van der Waals surface area contributed by atoms with E-state index in [0.717, 1.165) is 17.7 Å². The monoisotopic (exact) mass is 209 g/mol. The average Bonchev–Trinajstić information content (AvgIpc) is 2.59. The minimum absolute atomic E-state index is 0.0874. The molecular weight excluding hydrogens is 194 g/mol. The van der Waals surface area contributed by atoms with Crippen molar-refractivity contribution in [3.8, 4) is 0 Å². The zero-order chi connectivity index (χ0) is 10.1. The Morgan fingerprint density at radius 1 is 1.50 bits per heavy atom. The molecule has 0 saturated carbocycles. The van der Waals surface area contributed by atoms with Crippen LogP contribution in [0, 0.1) is 0 Å². The van der Waals surface area contributed by atoms with Gasteiger partial charge in [-0.1, -0.05) is 0 Å². The number of Topliss-reactive ketones (excluding diaryl/α,β-unsaturated/α-hetero) is 1. The lowest BCUT2D eigenvalue weighted by Gasteiger charge is -2.08. The zero-order valence-corrected chi connectivity index (χ0v) is 9.19. The fourth-order valence-electron chi connectivity index (χ4n) is 1.84. The van der Waals surface area contributed by atoms with Gasteiger partial charge in [0.15, 0.2) is 5.78 Å². The predicted octanol–water partition coefficient (Wildman–Crippen LogP) is 2.16. The second-order valence-corrected chi connectivity index (χ2v) is 5.06. The Labute approximate surface area is 88.1 Å². The number of hydrogen-bond donors (Lipinski definition) is 1. The maximum atomic E-state index is 11.6. The lowest BCUT2D eigenvalue weighted by atomic mass is 9.99. The predicted molar refractivity (Wildman–Crippen MR) is 58.9 cm³/mol. The maximum absolute atomic E-state index is 11.6. The fraction of sp³-hybridized carbons (Fsp3) is 0.545. The van der Waals surface area contributed by atoms with Crippen LogP contribution in [0.1, 0.15) is 39.9 Å². The summed E-state index contributed by atoms with van der Waals surface area (Å²) in [5, 5.41) is 0. The largest absolute Gasteiger partial charge is 0.321 e. The van der Waals surface area contributed by atoms with Crippen LogP contribution in [0.3, 0.4) is 0 Å². The van der Waals surface area contributed by atoms with Crippen LogP contribution in [0.25, 0.3) is 0 Å². The van der Waals surface area contributed by atoms with Crippen LogP contribution in [0.15, 0.2) is 6.07 Å². The number of carbonyl (C=O) groups is 1. The second kappa shape index (κ2) is 3.83. The number of nitrogens with two attached hydrogens (primary N) is 1. The van der Waals surface area contributed by atoms with E-state index in [4.69, 9.17) is 5.73 Å². The summed E-state index contributed by atoms with van der Waals surface area (Å²) in [5.74, 6) is 0.0874. The van der Waals surface area contributed by atoms with Crippen molar-refractivity contribution in [1.29, 1.82) is 0 Å². The molecule has 0 fully saturated rings. The van der Waals surface area contributed by atoms with Crippen molar-refractivity contribution in [1.82, 2.24) is 0 Å². The highest BCUT2D eigenvalue weighted by atomic mass is 32.1. The van der Waals surface area contributed by atoms with Crippen molar-refractivity contribution >= 4 is 17.1 Å². The number of carbonyl (C=O) groups excluding carboxylic acids is 1. The second-order valence-electron chi connectivity index (χ2n) is 3.92. The lowest BCUT2D eigenvalue weighted by Crippen LogP contribution is -2.25. The van der Waals surface area contributed by atoms with Gasteiger partial charge in [-0.25, -0.2) is 0 Å². The molecule has 0 saturated heterocycles. The fourth-order valence-corrected chi connectivity index (χ4v) is 3.13. The Balaban J connectivity index is 2.28. The molecule has 1 aliphatic rings. The van der Waals surface area contributed by atoms with E-state index in [0.29, 0.717) is 0 Å². The molecule has 1 atom stereocenters. The zero-order valence-electron chi connectivity index (χ0n) is 8.38. The van der Waals surface area contributed by atoms with Gasteiger partial charge >= 0.3 is 0 Å². The van der Waals surface area contributed by atoms with E-state index in [2.05, 4.69) is 0 Å². The van der Waals surface area contributed by atoms with Crippen LogP contribution in [0.5, 0.6) is 0 Å². The van der Waals surface area contributed by atoms with E-state index in [1.54, 1.807) is 18.3 Å². The molecular formula is C11H15NOS. The summed E-state index contributed by atoms with van der Waals surface area (Å²) in [6, 6.07) is 1.68. The van der Waals surface area contributed by atoms with Crippen molar-refractivity contribution in [2.45, 2.75) is 38.6 Å². The van der Waals surface area contributed by atoms with E-state index in [-0.39, 0.29) is 11.8 Å². The normalized spacial score (nSPS) is 17.6. The SMILES string of the molecule is CC(N)C(=O)c1cc2c(s1)CCCC2. The molecule has 0 aromatic carbocycles. The van der Waals surface area contributed by atoms with E-state index < -0.39 is 0 Å². The third-order valence-electron chi connectivity index (χ3n) is 2.65. The van der Waals surface area contributed by atoms with Gasteiger partial charge < -0.3 is 5.73 Å². The van der Waals surface area contributed by atoms with Crippen LogP contribution >= 0.6 is 11.3 Å². The van der Waals surface area contributed by atoms with Crippen LogP contribution in [-0.4, -0.2) is 11.8 Å². The first-order chi connectivity index (χ1) is 6.68. The summed E-state index contributed by atoms with van der Waals surface area (Å²) in [4.78, 5) is 13.9. The van der Waals surface area contributed by atoms with Crippen LogP contribution in [-0.2, 0) is 12.8 Å². The van der Waals surface area contributed by atoms with Gasteiger partial charge in [-0.05, 0) is 44.2 Å². The van der Waals surface area contributed by atoms with Gasteiger partial charge in [0.25, 0.3) is 0 Å². The molecule has 0 radical (unpaired) electrons. The highest BCUT2D eigenvalue weighted by molar-refractivity contribution is 7.14. The average molecular weight is 209 g/mol. The van der Waals surface area contributed by atoms with Crippen molar-refractivity contribution in [2.75, 3.05) is 0 Å². The topological polar surface area (TPSA) is 43.1 Å². The molecule has 0 bridgehead atoms. The molecule has 1 aliphatic carbocycles. The molecule has 3 heteroatoms. The van der Waals surface area contributed by atoms with Crippen LogP contribution < -0.4 is 5.73 Å². The first-order valence-electron chi connectivity index (χ1n) is 5.10. The molecule has 2 N–H and O–H groups in total. The molecule has 0 amide bonds. The van der Waals surface area contributed by atoms with Crippen molar-refractivity contribution in [3.05, 3.63) is 21.4 Å². The van der Waals surface area contributed by atoms with Crippen molar-refractivity contribution < 1.29 is 4.79 Å². The molecule has 1 heterocycles. The summed E-state index contributed by atoms with van der Waals surface area (Å²) < 4.78 is 0. The van der Waals surface area contributed by atoms with Gasteiger partial charge in [-0.3, -0.25) is 4.79 Å². The van der Waals surface area contributed by atoms with E-state index in [9.17, 15) is 4.79 Å². The molecule has 1 aromatic rings. The molecule has 2 nitrogen and oxygen atoms in total. The summed E-state index contributed by atoms with van der Waals surface area (Å²) in [6.07, 6.45) is 4.80. The number of thiophene rings is 1. The Bertz CT molecular complexity index is 331. The lowest BCUT2D eigenvalue weighted by molar-refractivity contribution is 0.0972. The Kier molecular flexibility index (Phi) is 2.70. The summed E-state index contributed by atoms with van der Waals surface area (Å²) in [7, 11) is 0. The smallest absolute Gasteiger partial charge is 0.189 e. The molecule has 0 aliphatic heterocycles. The number of ketones is 1. The van der Waals surface area contributed by atoms with Crippen LogP contribution in [0.4, 0.5) is 0 Å².